The van der Waals surface area contributed by atoms with Crippen molar-refractivity contribution in [1.82, 2.24) is 10.5 Å². The van der Waals surface area contributed by atoms with Crippen molar-refractivity contribution in [2.45, 2.75) is 26.3 Å². The summed E-state index contributed by atoms with van der Waals surface area (Å²) in [4.78, 5) is 10.7. The van der Waals surface area contributed by atoms with E-state index in [0.29, 0.717) is 0 Å². The summed E-state index contributed by atoms with van der Waals surface area (Å²) >= 11 is 0. The minimum atomic E-state index is -0.190. The van der Waals surface area contributed by atoms with Gasteiger partial charge in [0, 0.05) is 0 Å². The van der Waals surface area contributed by atoms with Gasteiger partial charge in [-0.1, -0.05) is 6.92 Å². The smallest absolute Gasteiger partial charge is 0.226 e. The Hall–Kier alpha value is -0.505. The summed E-state index contributed by atoms with van der Waals surface area (Å²) in [6.07, 6.45) is 1.02. The largest absolute Gasteiger partial charge is 0.408 e. The molecule has 1 atom stereocenters. The molecule has 0 rings (SSSR count). The van der Waals surface area contributed by atoms with E-state index in [-0.39, 0.29) is 11.9 Å². The fourth-order valence-electron chi connectivity index (χ4n) is 0.579. The van der Waals surface area contributed by atoms with Gasteiger partial charge in [-0.3, -0.25) is 4.79 Å². The molecule has 4 heteroatoms. The second kappa shape index (κ2) is 5.29. The van der Waals surface area contributed by atoms with Crippen LogP contribution in [-0.2, 0) is 4.79 Å². The van der Waals surface area contributed by atoms with Crippen LogP contribution in [0.5, 0.6) is 0 Å². The van der Waals surface area contributed by atoms with E-state index in [4.69, 9.17) is 7.98 Å². The van der Waals surface area contributed by atoms with Crippen molar-refractivity contribution in [2.24, 2.45) is 0 Å². The molecule has 0 aromatic carbocycles. The highest BCUT2D eigenvalue weighted by atomic mass is 16.1. The highest BCUT2D eigenvalue weighted by Gasteiger charge is 2.07. The lowest BCUT2D eigenvalue weighted by Crippen LogP contribution is -2.41. The molecule has 1 unspecified atom stereocenters. The van der Waals surface area contributed by atoms with Crippen LogP contribution in [0, 0.1) is 0 Å². The Morgan fingerprint density at radius 3 is 2.70 bits per heavy atom. The molecule has 0 heterocycles. The van der Waals surface area contributed by atoms with Gasteiger partial charge in [0.05, 0.1) is 6.04 Å². The van der Waals surface area contributed by atoms with Gasteiger partial charge in [-0.25, -0.2) is 0 Å². The maximum atomic E-state index is 10.7. The van der Waals surface area contributed by atoms with Gasteiger partial charge in [-0.15, -0.1) is 0 Å². The molecule has 10 heavy (non-hydrogen) atoms. The second-order valence-electron chi connectivity index (χ2n) is 2.18. The van der Waals surface area contributed by atoms with E-state index in [0.717, 1.165) is 13.0 Å². The predicted molar refractivity (Wildman–Crippen MR) is 41.7 cm³/mol. The van der Waals surface area contributed by atoms with Gasteiger partial charge in [0.25, 0.3) is 0 Å². The number of hydrogen-bond donors (Lipinski definition) is 2. The van der Waals surface area contributed by atoms with Crippen molar-refractivity contribution in [3.63, 3.8) is 0 Å². The van der Waals surface area contributed by atoms with Gasteiger partial charge in [0.1, 0.15) is 0 Å². The van der Waals surface area contributed by atoms with Crippen LogP contribution in [0.25, 0.3) is 0 Å². The van der Waals surface area contributed by atoms with Crippen LogP contribution in [0.2, 0.25) is 0 Å². The van der Waals surface area contributed by atoms with E-state index in [2.05, 4.69) is 10.5 Å². The number of nitrogens with one attached hydrogen (secondary N) is 2. The first-order chi connectivity index (χ1) is 4.72. The van der Waals surface area contributed by atoms with Gasteiger partial charge in [-0.2, -0.15) is 0 Å². The van der Waals surface area contributed by atoms with Crippen molar-refractivity contribution in [2.75, 3.05) is 6.54 Å². The monoisotopic (exact) mass is 140 g/mol. The molecule has 0 aliphatic rings. The normalized spacial score (nSPS) is 12.6. The van der Waals surface area contributed by atoms with Crippen LogP contribution < -0.4 is 10.5 Å². The molecule has 0 saturated heterocycles. The quantitative estimate of drug-likeness (QED) is 0.520. The van der Waals surface area contributed by atoms with E-state index in [1.807, 2.05) is 6.92 Å². The molecule has 0 fully saturated rings. The highest BCUT2D eigenvalue weighted by Crippen LogP contribution is 1.80. The second-order valence-corrected chi connectivity index (χ2v) is 2.18. The van der Waals surface area contributed by atoms with Gasteiger partial charge in [0.15, 0.2) is 0 Å². The van der Waals surface area contributed by atoms with Crippen LogP contribution in [0.3, 0.4) is 0 Å². The topological polar surface area (TPSA) is 41.1 Å². The van der Waals surface area contributed by atoms with Crippen LogP contribution in [0.15, 0.2) is 0 Å². The molecule has 2 radical (unpaired) electrons. The molecule has 1 amide bonds. The molecule has 56 valence electrons. The zero-order valence-electron chi connectivity index (χ0n) is 6.48. The highest BCUT2D eigenvalue weighted by molar-refractivity contribution is 6.15. The lowest BCUT2D eigenvalue weighted by atomic mass is 10.2. The molecular formula is C6H13BN2O. The van der Waals surface area contributed by atoms with Crippen molar-refractivity contribution < 1.29 is 4.79 Å². The zero-order valence-corrected chi connectivity index (χ0v) is 6.48. The van der Waals surface area contributed by atoms with E-state index < -0.39 is 0 Å². The third kappa shape index (κ3) is 3.51. The average molecular weight is 140 g/mol. The van der Waals surface area contributed by atoms with Crippen LogP contribution >= 0.6 is 0 Å². The van der Waals surface area contributed by atoms with Gasteiger partial charge < -0.3 is 10.5 Å². The van der Waals surface area contributed by atoms with Gasteiger partial charge in [-0.05, 0) is 19.9 Å². The van der Waals surface area contributed by atoms with Crippen LogP contribution in [0.1, 0.15) is 20.3 Å². The number of amides is 1. The first-order valence-corrected chi connectivity index (χ1v) is 3.46. The standard InChI is InChI=1S/C6H13BN2O/c1-3-4-8-5(2)6(10)9-7/h5,8H,3-4H2,1-2H3,(H,9,10). The van der Waals surface area contributed by atoms with Crippen LogP contribution in [-0.4, -0.2) is 26.5 Å². The Morgan fingerprint density at radius 1 is 1.70 bits per heavy atom. The molecule has 0 spiro atoms. The van der Waals surface area contributed by atoms with E-state index in [1.165, 1.54) is 0 Å². The first-order valence-electron chi connectivity index (χ1n) is 3.46. The van der Waals surface area contributed by atoms with Gasteiger partial charge >= 0.3 is 0 Å². The average Bonchev–Trinajstić information content (AvgIpc) is 1.98. The minimum Gasteiger partial charge on any atom is -0.408 e. The SMILES string of the molecule is [B]NC(=O)C(C)NCCC. The third-order valence-corrected chi connectivity index (χ3v) is 1.24. The minimum absolute atomic E-state index is 0.173. The van der Waals surface area contributed by atoms with E-state index in [1.54, 1.807) is 6.92 Å². The van der Waals surface area contributed by atoms with E-state index >= 15 is 0 Å². The zero-order chi connectivity index (χ0) is 7.98. The molecule has 0 aliphatic heterocycles. The number of carbonyl (C=O) groups is 1. The maximum absolute atomic E-state index is 10.7. The summed E-state index contributed by atoms with van der Waals surface area (Å²) in [6.45, 7) is 4.66. The third-order valence-electron chi connectivity index (χ3n) is 1.24. The summed E-state index contributed by atoms with van der Waals surface area (Å²) in [5.74, 6) is -0.173. The molecular weight excluding hydrogens is 127 g/mol. The maximum Gasteiger partial charge on any atom is 0.226 e. The Balaban J connectivity index is 3.41. The molecule has 0 aromatic heterocycles. The van der Waals surface area contributed by atoms with Gasteiger partial charge in [0.2, 0.25) is 13.9 Å². The lowest BCUT2D eigenvalue weighted by Gasteiger charge is -2.10. The van der Waals surface area contributed by atoms with E-state index in [9.17, 15) is 4.79 Å². The molecule has 0 aliphatic carbocycles. The molecule has 0 aromatic rings. The van der Waals surface area contributed by atoms with Crippen molar-refractivity contribution in [3.8, 4) is 0 Å². The molecule has 0 bridgehead atoms. The predicted octanol–water partition coefficient (Wildman–Crippen LogP) is -0.426. The summed E-state index contributed by atoms with van der Waals surface area (Å²) in [7, 11) is 4.91. The number of carbonyl (C=O) groups excluding carboxylic acids is 1. The number of rotatable bonds is 4. The fourth-order valence-corrected chi connectivity index (χ4v) is 0.579. The fraction of sp³-hybridized carbons (Fsp3) is 0.833. The van der Waals surface area contributed by atoms with Crippen molar-refractivity contribution in [3.05, 3.63) is 0 Å². The summed E-state index contributed by atoms with van der Waals surface area (Å²) in [6, 6.07) is -0.190. The Morgan fingerprint density at radius 2 is 2.30 bits per heavy atom. The Kier molecular flexibility index (Phi) is 5.03. The molecule has 2 N–H and O–H groups in total. The van der Waals surface area contributed by atoms with Crippen molar-refractivity contribution in [1.29, 1.82) is 0 Å². The summed E-state index contributed by atoms with van der Waals surface area (Å²) < 4.78 is 0. The molecule has 3 nitrogen and oxygen atoms in total. The Bertz CT molecular complexity index is 108. The molecule has 0 saturated carbocycles. The summed E-state index contributed by atoms with van der Waals surface area (Å²) in [5.41, 5.74) is 0. The number of hydrogen-bond acceptors (Lipinski definition) is 2. The van der Waals surface area contributed by atoms with Crippen molar-refractivity contribution >= 4 is 13.9 Å². The summed E-state index contributed by atoms with van der Waals surface area (Å²) in [5, 5.41) is 5.06. The Labute approximate surface area is 63.0 Å². The van der Waals surface area contributed by atoms with Crippen LogP contribution in [0.4, 0.5) is 0 Å². The lowest BCUT2D eigenvalue weighted by molar-refractivity contribution is -0.121. The first kappa shape index (κ1) is 9.49.